The van der Waals surface area contributed by atoms with Gasteiger partial charge < -0.3 is 10.3 Å². The van der Waals surface area contributed by atoms with Crippen LogP contribution in [0, 0.1) is 23.2 Å². The van der Waals surface area contributed by atoms with Gasteiger partial charge in [-0.2, -0.15) is 0 Å². The molecule has 1 aromatic rings. The van der Waals surface area contributed by atoms with E-state index in [2.05, 4.69) is 33.6 Å². The average Bonchev–Trinajstić information content (AvgIpc) is 2.98. The van der Waals surface area contributed by atoms with Gasteiger partial charge in [0.05, 0.1) is 6.54 Å². The van der Waals surface area contributed by atoms with Gasteiger partial charge in [-0.1, -0.05) is 0 Å². The number of nitrogens with two attached hydrogens (primary N) is 1. The Labute approximate surface area is 164 Å². The van der Waals surface area contributed by atoms with E-state index >= 15 is 0 Å². The van der Waals surface area contributed by atoms with Crippen LogP contribution >= 0.6 is 0 Å². The maximum absolute atomic E-state index is 5.98. The molecule has 6 rings (SSSR count). The van der Waals surface area contributed by atoms with Gasteiger partial charge in [-0.15, -0.1) is 10.2 Å². The van der Waals surface area contributed by atoms with Gasteiger partial charge in [0.1, 0.15) is 11.6 Å². The third-order valence-corrected chi connectivity index (χ3v) is 8.31. The average molecular weight is 372 g/mol. The first-order chi connectivity index (χ1) is 13.0. The van der Waals surface area contributed by atoms with Crippen LogP contribution in [0.15, 0.2) is 0 Å². The summed E-state index contributed by atoms with van der Waals surface area (Å²) in [6, 6.07) is 0.364. The van der Waals surface area contributed by atoms with Crippen molar-refractivity contribution in [3.8, 4) is 0 Å². The zero-order valence-electron chi connectivity index (χ0n) is 17.2. The fraction of sp³-hybridized carbons (Fsp3) is 0.909. The molecule has 1 aromatic heterocycles. The molecule has 2 N–H and O–H groups in total. The van der Waals surface area contributed by atoms with Gasteiger partial charge in [-0.25, -0.2) is 0 Å². The van der Waals surface area contributed by atoms with Gasteiger partial charge in [0.25, 0.3) is 0 Å². The van der Waals surface area contributed by atoms with Gasteiger partial charge in [0.15, 0.2) is 0 Å². The molecule has 0 spiro atoms. The zero-order valence-corrected chi connectivity index (χ0v) is 17.2. The third-order valence-electron chi connectivity index (χ3n) is 8.31. The molecule has 1 heterocycles. The van der Waals surface area contributed by atoms with Crippen LogP contribution in [0.3, 0.4) is 0 Å². The van der Waals surface area contributed by atoms with Crippen LogP contribution in [-0.2, 0) is 13.1 Å². The van der Waals surface area contributed by atoms with E-state index in [0.717, 1.165) is 49.5 Å². The first kappa shape index (κ1) is 18.1. The van der Waals surface area contributed by atoms with Gasteiger partial charge in [0, 0.05) is 18.5 Å². The SMILES string of the molecule is CCn1c(CN(C)CCC23CC4CC(CC(C4)C2)C3)nnc1C1CC(N)C1. The van der Waals surface area contributed by atoms with Crippen LogP contribution in [0.2, 0.25) is 0 Å². The van der Waals surface area contributed by atoms with E-state index in [1.54, 1.807) is 19.3 Å². The topological polar surface area (TPSA) is 60.0 Å². The predicted molar refractivity (Wildman–Crippen MR) is 107 cm³/mol. The molecule has 150 valence electrons. The van der Waals surface area contributed by atoms with Crippen LogP contribution in [0.25, 0.3) is 0 Å². The number of hydrogen-bond acceptors (Lipinski definition) is 4. The standard InChI is InChI=1S/C22H37N5/c1-3-27-20(24-25-21(27)18-9-19(23)10-18)14-26(2)5-4-22-11-15-6-16(12-22)8-17(7-15)13-22/h15-19H,3-14,23H2,1-2H3. The number of hydrogen-bond donors (Lipinski definition) is 1. The Morgan fingerprint density at radius 3 is 2.22 bits per heavy atom. The summed E-state index contributed by atoms with van der Waals surface area (Å²) in [6.45, 7) is 5.30. The van der Waals surface area contributed by atoms with Crippen molar-refractivity contribution in [2.45, 2.75) is 89.8 Å². The lowest BCUT2D eigenvalue weighted by Gasteiger charge is -2.57. The fourth-order valence-corrected chi connectivity index (χ4v) is 7.33. The molecule has 27 heavy (non-hydrogen) atoms. The fourth-order valence-electron chi connectivity index (χ4n) is 7.33. The molecular formula is C22H37N5. The van der Waals surface area contributed by atoms with Crippen molar-refractivity contribution in [3.05, 3.63) is 11.6 Å². The minimum Gasteiger partial charge on any atom is -0.328 e. The van der Waals surface area contributed by atoms with Crippen LogP contribution in [-0.4, -0.2) is 39.3 Å². The highest BCUT2D eigenvalue weighted by Gasteiger charge is 2.50. The number of rotatable bonds is 7. The summed E-state index contributed by atoms with van der Waals surface area (Å²) in [5.74, 6) is 6.01. The van der Waals surface area contributed by atoms with Crippen molar-refractivity contribution in [1.82, 2.24) is 19.7 Å². The maximum Gasteiger partial charge on any atom is 0.147 e. The lowest BCUT2D eigenvalue weighted by molar-refractivity contribution is -0.0605. The summed E-state index contributed by atoms with van der Waals surface area (Å²) in [5, 5.41) is 9.10. The molecular weight excluding hydrogens is 334 g/mol. The Kier molecular flexibility index (Phi) is 4.59. The molecule has 0 saturated heterocycles. The molecule has 0 radical (unpaired) electrons. The molecule has 4 bridgehead atoms. The Bertz CT molecular complexity index is 639. The van der Waals surface area contributed by atoms with E-state index in [1.807, 2.05) is 0 Å². The van der Waals surface area contributed by atoms with Crippen LogP contribution < -0.4 is 5.73 Å². The highest BCUT2D eigenvalue weighted by Crippen LogP contribution is 2.61. The second-order valence-electron chi connectivity index (χ2n) is 10.6. The molecule has 0 atom stereocenters. The summed E-state index contributed by atoms with van der Waals surface area (Å²) in [7, 11) is 2.27. The monoisotopic (exact) mass is 371 g/mol. The van der Waals surface area contributed by atoms with E-state index in [9.17, 15) is 0 Å². The lowest BCUT2D eigenvalue weighted by Crippen LogP contribution is -2.47. The summed E-state index contributed by atoms with van der Waals surface area (Å²) in [4.78, 5) is 2.49. The smallest absolute Gasteiger partial charge is 0.147 e. The number of aromatic nitrogens is 3. The zero-order chi connectivity index (χ0) is 18.6. The molecule has 0 unspecified atom stereocenters. The number of nitrogens with zero attached hydrogens (tertiary/aromatic N) is 4. The van der Waals surface area contributed by atoms with Crippen molar-refractivity contribution in [1.29, 1.82) is 0 Å². The van der Waals surface area contributed by atoms with E-state index in [4.69, 9.17) is 5.73 Å². The summed E-state index contributed by atoms with van der Waals surface area (Å²) >= 11 is 0. The van der Waals surface area contributed by atoms with Crippen molar-refractivity contribution in [2.75, 3.05) is 13.6 Å². The van der Waals surface area contributed by atoms with Crippen LogP contribution in [0.5, 0.6) is 0 Å². The largest absolute Gasteiger partial charge is 0.328 e. The molecule has 5 aliphatic rings. The van der Waals surface area contributed by atoms with Gasteiger partial charge >= 0.3 is 0 Å². The lowest BCUT2D eigenvalue weighted by atomic mass is 9.49. The van der Waals surface area contributed by atoms with Gasteiger partial charge in [-0.3, -0.25) is 4.90 Å². The van der Waals surface area contributed by atoms with Crippen LogP contribution in [0.1, 0.15) is 82.3 Å². The summed E-state index contributed by atoms with van der Waals surface area (Å²) in [6.07, 6.45) is 12.7. The normalized spacial score (nSPS) is 39.9. The highest BCUT2D eigenvalue weighted by atomic mass is 15.3. The molecule has 0 amide bonds. The van der Waals surface area contributed by atoms with E-state index in [0.29, 0.717) is 17.4 Å². The van der Waals surface area contributed by atoms with Gasteiger partial charge in [0.2, 0.25) is 0 Å². The summed E-state index contributed by atoms with van der Waals surface area (Å²) < 4.78 is 2.35. The minimum absolute atomic E-state index is 0.364. The second-order valence-corrected chi connectivity index (χ2v) is 10.6. The molecule has 5 aliphatic carbocycles. The molecule has 0 aromatic carbocycles. The maximum atomic E-state index is 5.98. The minimum atomic E-state index is 0.364. The molecule has 5 saturated carbocycles. The third kappa shape index (κ3) is 3.35. The van der Waals surface area contributed by atoms with Crippen molar-refractivity contribution < 1.29 is 0 Å². The van der Waals surface area contributed by atoms with E-state index < -0.39 is 0 Å². The Morgan fingerprint density at radius 2 is 1.67 bits per heavy atom. The van der Waals surface area contributed by atoms with Crippen molar-refractivity contribution >= 4 is 0 Å². The van der Waals surface area contributed by atoms with E-state index in [-0.39, 0.29) is 0 Å². The quantitative estimate of drug-likeness (QED) is 0.796. The first-order valence-corrected chi connectivity index (χ1v) is 11.4. The molecule has 5 heteroatoms. The van der Waals surface area contributed by atoms with Crippen molar-refractivity contribution in [2.24, 2.45) is 28.9 Å². The summed E-state index contributed by atoms with van der Waals surface area (Å²) in [5.41, 5.74) is 6.66. The molecule has 5 fully saturated rings. The first-order valence-electron chi connectivity index (χ1n) is 11.4. The highest BCUT2D eigenvalue weighted by molar-refractivity contribution is 5.09. The second kappa shape index (κ2) is 6.84. The molecule has 0 aliphatic heterocycles. The predicted octanol–water partition coefficient (Wildman–Crippen LogP) is 3.54. The van der Waals surface area contributed by atoms with Gasteiger partial charge in [-0.05, 0) is 101 Å². The van der Waals surface area contributed by atoms with Crippen LogP contribution in [0.4, 0.5) is 0 Å². The Hall–Kier alpha value is -0.940. The van der Waals surface area contributed by atoms with E-state index in [1.165, 1.54) is 38.1 Å². The Balaban J connectivity index is 1.20. The Morgan fingerprint density at radius 1 is 1.04 bits per heavy atom. The van der Waals surface area contributed by atoms with Crippen molar-refractivity contribution in [3.63, 3.8) is 0 Å². The molecule has 5 nitrogen and oxygen atoms in total.